The van der Waals surface area contributed by atoms with E-state index < -0.39 is 6.10 Å². The number of nitrogens with zero attached hydrogens (tertiary/aromatic N) is 1. The predicted molar refractivity (Wildman–Crippen MR) is 103 cm³/mol. The lowest BCUT2D eigenvalue weighted by Gasteiger charge is -2.32. The Morgan fingerprint density at radius 2 is 1.96 bits per heavy atom. The molecule has 1 aliphatic rings. The Hall–Kier alpha value is -2.86. The highest BCUT2D eigenvalue weighted by atomic mass is 32.1. The summed E-state index contributed by atoms with van der Waals surface area (Å²) in [5.74, 6) is 0.216. The van der Waals surface area contributed by atoms with Gasteiger partial charge in [0.15, 0.2) is 6.10 Å². The smallest absolute Gasteiger partial charge is 0.268 e. The molecule has 2 heterocycles. The number of carbonyl (C=O) groups excluding carboxylic acids is 2. The minimum atomic E-state index is -0.599. The third kappa shape index (κ3) is 3.04. The zero-order valence-corrected chi connectivity index (χ0v) is 15.1. The van der Waals surface area contributed by atoms with Crippen LogP contribution in [0, 0.1) is 0 Å². The summed E-state index contributed by atoms with van der Waals surface area (Å²) in [6, 6.07) is 15.4. The van der Waals surface area contributed by atoms with E-state index in [1.165, 1.54) is 9.60 Å². The number of benzene rings is 2. The summed E-state index contributed by atoms with van der Waals surface area (Å²) in [6.07, 6.45) is -0.599. The fourth-order valence-electron chi connectivity index (χ4n) is 3.08. The minimum Gasteiger partial charge on any atom is -0.479 e. The highest BCUT2D eigenvalue weighted by molar-refractivity contribution is 7.17. The monoisotopic (exact) mass is 366 g/mol. The fraction of sp³-hybridized carbons (Fsp3) is 0.200. The zero-order valence-electron chi connectivity index (χ0n) is 14.3. The number of carbonyl (C=O) groups is 2. The highest BCUT2D eigenvalue weighted by Gasteiger charge is 2.32. The third-order valence-corrected chi connectivity index (χ3v) is 5.42. The van der Waals surface area contributed by atoms with Crippen molar-refractivity contribution in [1.29, 1.82) is 0 Å². The summed E-state index contributed by atoms with van der Waals surface area (Å²) in [7, 11) is 0. The quantitative estimate of drug-likeness (QED) is 0.770. The van der Waals surface area contributed by atoms with Gasteiger partial charge < -0.3 is 10.1 Å². The maximum absolute atomic E-state index is 12.5. The number of hydrogen-bond donors (Lipinski definition) is 1. The van der Waals surface area contributed by atoms with Crippen LogP contribution in [0.5, 0.6) is 5.75 Å². The molecule has 26 heavy (non-hydrogen) atoms. The zero-order chi connectivity index (χ0) is 18.1. The van der Waals surface area contributed by atoms with Gasteiger partial charge in [-0.25, -0.2) is 0 Å². The molecule has 2 amide bonds. The number of para-hydroxylation sites is 2. The first kappa shape index (κ1) is 16.6. The number of hydrogen-bond acceptors (Lipinski definition) is 4. The number of thiophene rings is 1. The number of anilines is 1. The minimum absolute atomic E-state index is 0.0222. The van der Waals surface area contributed by atoms with Gasteiger partial charge in [0.2, 0.25) is 5.91 Å². The van der Waals surface area contributed by atoms with Crippen molar-refractivity contribution in [2.45, 2.75) is 19.6 Å². The molecule has 1 atom stereocenters. The first-order chi connectivity index (χ1) is 12.6. The summed E-state index contributed by atoms with van der Waals surface area (Å²) in [5, 5.41) is 6.13. The normalized spacial score (nSPS) is 16.3. The molecule has 0 saturated heterocycles. The van der Waals surface area contributed by atoms with Crippen molar-refractivity contribution in [3.63, 3.8) is 0 Å². The van der Waals surface area contributed by atoms with Crippen LogP contribution in [0.25, 0.3) is 10.1 Å². The molecule has 0 fully saturated rings. The van der Waals surface area contributed by atoms with Crippen LogP contribution >= 0.6 is 11.3 Å². The molecule has 132 valence electrons. The van der Waals surface area contributed by atoms with E-state index in [9.17, 15) is 9.59 Å². The van der Waals surface area contributed by atoms with E-state index >= 15 is 0 Å². The van der Waals surface area contributed by atoms with Crippen LogP contribution in [0.4, 0.5) is 5.69 Å². The Kier molecular flexibility index (Phi) is 4.34. The van der Waals surface area contributed by atoms with E-state index in [1.54, 1.807) is 30.4 Å². The van der Waals surface area contributed by atoms with Gasteiger partial charge in [-0.3, -0.25) is 14.5 Å². The van der Waals surface area contributed by atoms with Gasteiger partial charge in [-0.15, -0.1) is 11.3 Å². The molecule has 0 saturated carbocycles. The molecule has 4 rings (SSSR count). The fourth-order valence-corrected chi connectivity index (χ4v) is 4.05. The summed E-state index contributed by atoms with van der Waals surface area (Å²) in [5.41, 5.74) is 1.72. The van der Waals surface area contributed by atoms with Gasteiger partial charge in [0, 0.05) is 11.2 Å². The Morgan fingerprint density at radius 3 is 2.85 bits per heavy atom. The second-order valence-corrected chi connectivity index (χ2v) is 7.10. The Morgan fingerprint density at radius 1 is 1.19 bits per heavy atom. The Bertz CT molecular complexity index is 982. The van der Waals surface area contributed by atoms with Gasteiger partial charge in [0.1, 0.15) is 12.3 Å². The Labute approximate surface area is 155 Å². The van der Waals surface area contributed by atoms with Gasteiger partial charge >= 0.3 is 0 Å². The Balaban J connectivity index is 1.47. The lowest BCUT2D eigenvalue weighted by Crippen LogP contribution is -2.48. The molecule has 2 aromatic carbocycles. The van der Waals surface area contributed by atoms with Gasteiger partial charge in [0.05, 0.1) is 5.69 Å². The molecule has 0 bridgehead atoms. The molecule has 0 aliphatic carbocycles. The maximum atomic E-state index is 12.5. The van der Waals surface area contributed by atoms with Crippen molar-refractivity contribution >= 4 is 38.9 Å². The first-order valence-corrected chi connectivity index (χ1v) is 9.30. The van der Waals surface area contributed by atoms with E-state index in [0.717, 1.165) is 10.9 Å². The molecule has 1 aliphatic heterocycles. The second-order valence-electron chi connectivity index (χ2n) is 6.19. The van der Waals surface area contributed by atoms with Crippen molar-refractivity contribution in [3.05, 3.63) is 59.5 Å². The molecule has 1 aromatic heterocycles. The molecular formula is C20H18N2O3S. The third-order valence-electron chi connectivity index (χ3n) is 4.41. The molecule has 5 nitrogen and oxygen atoms in total. The summed E-state index contributed by atoms with van der Waals surface area (Å²) in [4.78, 5) is 26.4. The average Bonchev–Trinajstić information content (AvgIpc) is 3.07. The van der Waals surface area contributed by atoms with Crippen molar-refractivity contribution in [3.8, 4) is 5.75 Å². The topological polar surface area (TPSA) is 58.6 Å². The van der Waals surface area contributed by atoms with Gasteiger partial charge in [-0.2, -0.15) is 0 Å². The van der Waals surface area contributed by atoms with E-state index in [-0.39, 0.29) is 18.4 Å². The average molecular weight is 366 g/mol. The molecular weight excluding hydrogens is 348 g/mol. The second kappa shape index (κ2) is 6.80. The number of rotatable bonds is 4. The lowest BCUT2D eigenvalue weighted by atomic mass is 10.1. The highest BCUT2D eigenvalue weighted by Crippen LogP contribution is 2.33. The van der Waals surface area contributed by atoms with Crippen LogP contribution in [0.3, 0.4) is 0 Å². The predicted octanol–water partition coefficient (Wildman–Crippen LogP) is 3.33. The number of fused-ring (bicyclic) bond motifs is 2. The maximum Gasteiger partial charge on any atom is 0.268 e. The molecule has 0 radical (unpaired) electrons. The van der Waals surface area contributed by atoms with Crippen molar-refractivity contribution in [1.82, 2.24) is 5.32 Å². The van der Waals surface area contributed by atoms with E-state index in [0.29, 0.717) is 18.0 Å². The van der Waals surface area contributed by atoms with Gasteiger partial charge in [-0.1, -0.05) is 30.3 Å². The van der Waals surface area contributed by atoms with Gasteiger partial charge in [-0.05, 0) is 41.5 Å². The van der Waals surface area contributed by atoms with Crippen LogP contribution in [0.1, 0.15) is 12.5 Å². The van der Waals surface area contributed by atoms with Crippen LogP contribution in [0.15, 0.2) is 53.9 Å². The molecule has 3 aromatic rings. The largest absolute Gasteiger partial charge is 0.479 e. The summed E-state index contributed by atoms with van der Waals surface area (Å²) in [6.45, 7) is 2.12. The SMILES string of the molecule is C[C@@H]1Oc2ccccc2N(CC(=O)NCc2csc3ccccc23)C1=O. The molecule has 6 heteroatoms. The lowest BCUT2D eigenvalue weighted by molar-refractivity contribution is -0.128. The summed E-state index contributed by atoms with van der Waals surface area (Å²) < 4.78 is 6.80. The first-order valence-electron chi connectivity index (χ1n) is 8.42. The summed E-state index contributed by atoms with van der Waals surface area (Å²) >= 11 is 1.66. The van der Waals surface area contributed by atoms with Crippen LogP contribution in [0.2, 0.25) is 0 Å². The number of nitrogens with one attached hydrogen (secondary N) is 1. The van der Waals surface area contributed by atoms with Crippen molar-refractivity contribution in [2.75, 3.05) is 11.4 Å². The van der Waals surface area contributed by atoms with Crippen molar-refractivity contribution in [2.24, 2.45) is 0 Å². The molecule has 0 unspecified atom stereocenters. The van der Waals surface area contributed by atoms with Gasteiger partial charge in [0.25, 0.3) is 5.91 Å². The number of ether oxygens (including phenoxy) is 1. The van der Waals surface area contributed by atoms with Crippen molar-refractivity contribution < 1.29 is 14.3 Å². The molecule has 0 spiro atoms. The molecule has 1 N–H and O–H groups in total. The standard InChI is InChI=1S/C20H18N2O3S/c1-13-20(24)22(16-7-3-4-8-17(16)25-13)11-19(23)21-10-14-12-26-18-9-5-2-6-15(14)18/h2-9,12-13H,10-11H2,1H3,(H,21,23)/t13-/m0/s1. The van der Waals surface area contributed by atoms with E-state index in [2.05, 4.69) is 22.8 Å². The number of amides is 2. The van der Waals surface area contributed by atoms with Crippen LogP contribution in [-0.4, -0.2) is 24.5 Å². The van der Waals surface area contributed by atoms with E-state index in [4.69, 9.17) is 4.74 Å². The van der Waals surface area contributed by atoms with E-state index in [1.807, 2.05) is 24.3 Å². The van der Waals surface area contributed by atoms with Crippen LogP contribution in [-0.2, 0) is 16.1 Å². The van der Waals surface area contributed by atoms with Crippen LogP contribution < -0.4 is 15.0 Å².